The molecule has 4 nitrogen and oxygen atoms in total. The Hall–Kier alpha value is -2.27. The summed E-state index contributed by atoms with van der Waals surface area (Å²) in [6, 6.07) is 14.1. The van der Waals surface area contributed by atoms with Crippen molar-refractivity contribution in [1.82, 2.24) is 9.38 Å². The number of carbonyl (C=O) groups is 1. The predicted octanol–water partition coefficient (Wildman–Crippen LogP) is 4.04. The highest BCUT2D eigenvalue weighted by Gasteiger charge is 2.26. The fourth-order valence-corrected chi connectivity index (χ4v) is 3.88. The molecule has 1 aliphatic rings. The highest BCUT2D eigenvalue weighted by atomic mass is 32.2. The van der Waals surface area contributed by atoms with Crippen molar-refractivity contribution < 1.29 is 4.79 Å². The monoisotopic (exact) mass is 337 g/mol. The van der Waals surface area contributed by atoms with E-state index in [9.17, 15) is 4.79 Å². The first kappa shape index (κ1) is 15.3. The van der Waals surface area contributed by atoms with Crippen molar-refractivity contribution in [2.75, 3.05) is 17.7 Å². The molecule has 0 fully saturated rings. The van der Waals surface area contributed by atoms with Crippen LogP contribution in [0.5, 0.6) is 0 Å². The molecule has 2 aromatic heterocycles. The van der Waals surface area contributed by atoms with Gasteiger partial charge in [0.05, 0.1) is 5.52 Å². The van der Waals surface area contributed by atoms with Crippen molar-refractivity contribution in [2.45, 2.75) is 24.4 Å². The van der Waals surface area contributed by atoms with E-state index in [0.29, 0.717) is 5.69 Å². The van der Waals surface area contributed by atoms with Gasteiger partial charge in [0, 0.05) is 18.4 Å². The Labute approximate surface area is 145 Å². The van der Waals surface area contributed by atoms with Gasteiger partial charge in [0.2, 0.25) is 0 Å². The van der Waals surface area contributed by atoms with Gasteiger partial charge in [-0.2, -0.15) is 0 Å². The van der Waals surface area contributed by atoms with E-state index in [1.54, 1.807) is 11.8 Å². The molecule has 0 saturated carbocycles. The Morgan fingerprint density at radius 1 is 1.12 bits per heavy atom. The van der Waals surface area contributed by atoms with Gasteiger partial charge < -0.3 is 4.90 Å². The second kappa shape index (κ2) is 6.32. The van der Waals surface area contributed by atoms with E-state index in [1.165, 1.54) is 5.56 Å². The molecular weight excluding hydrogens is 318 g/mol. The number of anilines is 1. The maximum atomic E-state index is 13.3. The fourth-order valence-electron chi connectivity index (χ4n) is 3.34. The third-order valence-corrected chi connectivity index (χ3v) is 5.16. The molecule has 1 amide bonds. The first-order valence-electron chi connectivity index (χ1n) is 8.20. The van der Waals surface area contributed by atoms with Gasteiger partial charge in [-0.3, -0.25) is 9.20 Å². The molecule has 5 heteroatoms. The summed E-state index contributed by atoms with van der Waals surface area (Å²) in [5, 5.41) is 0.844. The first-order chi connectivity index (χ1) is 11.8. The standard InChI is InChI=1S/C19H19N3OS/c1-24-19-20-17(16-11-5-7-13-22(16)19)18(23)21-12-6-4-9-14-8-2-3-10-15(14)21/h2-3,5,7-8,10-11,13H,4,6,9,12H2,1H3. The molecule has 4 rings (SSSR count). The minimum Gasteiger partial charge on any atom is -0.307 e. The van der Waals surface area contributed by atoms with Crippen LogP contribution in [0.25, 0.3) is 5.52 Å². The summed E-state index contributed by atoms with van der Waals surface area (Å²) in [4.78, 5) is 19.8. The topological polar surface area (TPSA) is 37.6 Å². The number of fused-ring (bicyclic) bond motifs is 2. The molecule has 1 aromatic carbocycles. The second-order valence-electron chi connectivity index (χ2n) is 5.95. The van der Waals surface area contributed by atoms with Crippen molar-refractivity contribution in [3.05, 3.63) is 59.9 Å². The quantitative estimate of drug-likeness (QED) is 0.662. The Morgan fingerprint density at radius 2 is 1.96 bits per heavy atom. The van der Waals surface area contributed by atoms with Crippen molar-refractivity contribution in [3.8, 4) is 0 Å². The molecule has 3 heterocycles. The molecule has 0 bridgehead atoms. The van der Waals surface area contributed by atoms with Crippen molar-refractivity contribution >= 4 is 28.9 Å². The number of benzene rings is 1. The van der Waals surface area contributed by atoms with E-state index in [-0.39, 0.29) is 5.91 Å². The minimum absolute atomic E-state index is 0.00616. The molecule has 122 valence electrons. The van der Waals surface area contributed by atoms with Gasteiger partial charge in [-0.05, 0) is 49.3 Å². The van der Waals surface area contributed by atoms with Crippen LogP contribution in [0, 0.1) is 0 Å². The minimum atomic E-state index is -0.00616. The zero-order valence-electron chi connectivity index (χ0n) is 13.6. The fraction of sp³-hybridized carbons (Fsp3) is 0.263. The summed E-state index contributed by atoms with van der Waals surface area (Å²) in [5.74, 6) is -0.00616. The van der Waals surface area contributed by atoms with Crippen LogP contribution in [-0.4, -0.2) is 28.1 Å². The summed E-state index contributed by atoms with van der Waals surface area (Å²) < 4.78 is 1.99. The number of rotatable bonds is 2. The number of aromatic nitrogens is 2. The van der Waals surface area contributed by atoms with E-state index in [0.717, 1.165) is 42.2 Å². The average Bonchev–Trinajstić information content (AvgIpc) is 2.87. The largest absolute Gasteiger partial charge is 0.307 e. The van der Waals surface area contributed by atoms with Crippen molar-refractivity contribution in [1.29, 1.82) is 0 Å². The third-order valence-electron chi connectivity index (χ3n) is 4.51. The number of imidazole rings is 1. The van der Waals surface area contributed by atoms with Gasteiger partial charge >= 0.3 is 0 Å². The molecule has 0 radical (unpaired) electrons. The zero-order chi connectivity index (χ0) is 16.5. The molecule has 0 spiro atoms. The van der Waals surface area contributed by atoms with Crippen LogP contribution in [0.2, 0.25) is 0 Å². The lowest BCUT2D eigenvalue weighted by atomic mass is 10.1. The highest BCUT2D eigenvalue weighted by molar-refractivity contribution is 7.98. The van der Waals surface area contributed by atoms with Gasteiger partial charge in [0.15, 0.2) is 10.9 Å². The van der Waals surface area contributed by atoms with Crippen molar-refractivity contribution in [3.63, 3.8) is 0 Å². The van der Waals surface area contributed by atoms with Crippen LogP contribution in [0.3, 0.4) is 0 Å². The molecule has 1 aliphatic heterocycles. The van der Waals surface area contributed by atoms with Gasteiger partial charge in [-0.25, -0.2) is 4.98 Å². The summed E-state index contributed by atoms with van der Waals surface area (Å²) in [6.07, 6.45) is 7.10. The Bertz CT molecular complexity index is 903. The number of thioether (sulfide) groups is 1. The number of hydrogen-bond acceptors (Lipinski definition) is 3. The van der Waals surface area contributed by atoms with E-state index in [1.807, 2.05) is 58.2 Å². The van der Waals surface area contributed by atoms with E-state index >= 15 is 0 Å². The second-order valence-corrected chi connectivity index (χ2v) is 6.72. The summed E-state index contributed by atoms with van der Waals surface area (Å²) in [5.41, 5.74) is 3.69. The summed E-state index contributed by atoms with van der Waals surface area (Å²) >= 11 is 1.55. The maximum absolute atomic E-state index is 13.3. The number of para-hydroxylation sites is 1. The smallest absolute Gasteiger partial charge is 0.279 e. The van der Waals surface area contributed by atoms with E-state index in [2.05, 4.69) is 11.1 Å². The van der Waals surface area contributed by atoms with Crippen LogP contribution < -0.4 is 4.90 Å². The molecular formula is C19H19N3OS. The number of amides is 1. The van der Waals surface area contributed by atoms with Gasteiger partial charge in [0.25, 0.3) is 5.91 Å². The van der Waals surface area contributed by atoms with Crippen LogP contribution >= 0.6 is 11.8 Å². The Kier molecular flexibility index (Phi) is 4.02. The van der Waals surface area contributed by atoms with Crippen LogP contribution in [0.4, 0.5) is 5.69 Å². The first-order valence-corrected chi connectivity index (χ1v) is 9.43. The lowest BCUT2D eigenvalue weighted by molar-refractivity contribution is 0.0984. The van der Waals surface area contributed by atoms with Gasteiger partial charge in [-0.15, -0.1) is 0 Å². The number of carbonyl (C=O) groups excluding carboxylic acids is 1. The van der Waals surface area contributed by atoms with Crippen LogP contribution in [-0.2, 0) is 6.42 Å². The zero-order valence-corrected chi connectivity index (χ0v) is 14.4. The molecule has 24 heavy (non-hydrogen) atoms. The SMILES string of the molecule is CSc1nc(C(=O)N2CCCCc3ccccc32)c2ccccn12. The predicted molar refractivity (Wildman–Crippen MR) is 98.0 cm³/mol. The van der Waals surface area contributed by atoms with Gasteiger partial charge in [-0.1, -0.05) is 36.0 Å². The number of hydrogen-bond donors (Lipinski definition) is 0. The lowest BCUT2D eigenvalue weighted by Gasteiger charge is -2.22. The number of nitrogens with zero attached hydrogens (tertiary/aromatic N) is 3. The Balaban J connectivity index is 1.82. The van der Waals surface area contributed by atoms with Gasteiger partial charge in [0.1, 0.15) is 0 Å². The van der Waals surface area contributed by atoms with Crippen molar-refractivity contribution in [2.24, 2.45) is 0 Å². The van der Waals surface area contributed by atoms with E-state index < -0.39 is 0 Å². The normalized spacial score (nSPS) is 14.5. The van der Waals surface area contributed by atoms with Crippen LogP contribution in [0.1, 0.15) is 28.9 Å². The molecule has 0 unspecified atom stereocenters. The third kappa shape index (κ3) is 2.49. The average molecular weight is 337 g/mol. The summed E-state index contributed by atoms with van der Waals surface area (Å²) in [7, 11) is 0. The molecule has 0 atom stereocenters. The number of aryl methyl sites for hydroxylation is 1. The molecule has 3 aromatic rings. The maximum Gasteiger partial charge on any atom is 0.279 e. The lowest BCUT2D eigenvalue weighted by Crippen LogP contribution is -2.32. The van der Waals surface area contributed by atoms with E-state index in [4.69, 9.17) is 0 Å². The molecule has 0 aliphatic carbocycles. The highest BCUT2D eigenvalue weighted by Crippen LogP contribution is 2.29. The number of pyridine rings is 1. The molecule has 0 N–H and O–H groups in total. The molecule has 0 saturated heterocycles. The van der Waals surface area contributed by atoms with Crippen LogP contribution in [0.15, 0.2) is 53.8 Å². The Morgan fingerprint density at radius 3 is 2.83 bits per heavy atom. The summed E-state index contributed by atoms with van der Waals surface area (Å²) in [6.45, 7) is 0.746.